The highest BCUT2D eigenvalue weighted by Gasteiger charge is 2.14. The lowest BCUT2D eigenvalue weighted by Gasteiger charge is -2.15. The average molecular weight is 286 g/mol. The van der Waals surface area contributed by atoms with Crippen LogP contribution >= 0.6 is 0 Å². The van der Waals surface area contributed by atoms with Gasteiger partial charge in [0.15, 0.2) is 0 Å². The highest BCUT2D eigenvalue weighted by atomic mass is 16.2. The smallest absolute Gasteiger partial charge is 0.255 e. The standard InChI is InChI=1S/C15H18N4O2/c1-9(17-15(21)14-8-16-19-10(14)2)12-5-4-6-13(7-12)18-11(3)20/h4-9H,1-3H3,(H,16,19)(H,17,21)(H,18,20). The van der Waals surface area contributed by atoms with E-state index >= 15 is 0 Å². The Hall–Kier alpha value is -2.63. The zero-order chi connectivity index (χ0) is 15.4. The van der Waals surface area contributed by atoms with Gasteiger partial charge in [0.05, 0.1) is 17.8 Å². The predicted octanol–water partition coefficient (Wildman–Crippen LogP) is 2.17. The Morgan fingerprint density at radius 3 is 2.71 bits per heavy atom. The third kappa shape index (κ3) is 3.68. The molecule has 110 valence electrons. The number of aromatic amines is 1. The van der Waals surface area contributed by atoms with Crippen molar-refractivity contribution < 1.29 is 9.59 Å². The van der Waals surface area contributed by atoms with Gasteiger partial charge in [-0.2, -0.15) is 5.10 Å². The van der Waals surface area contributed by atoms with Crippen LogP contribution < -0.4 is 10.6 Å². The molecule has 6 heteroatoms. The summed E-state index contributed by atoms with van der Waals surface area (Å²) in [4.78, 5) is 23.2. The highest BCUT2D eigenvalue weighted by molar-refractivity contribution is 5.95. The topological polar surface area (TPSA) is 86.9 Å². The third-order valence-corrected chi connectivity index (χ3v) is 3.13. The molecule has 1 unspecified atom stereocenters. The molecule has 3 N–H and O–H groups in total. The second kappa shape index (κ2) is 6.21. The fraction of sp³-hybridized carbons (Fsp3) is 0.267. The van der Waals surface area contributed by atoms with Crippen LogP contribution in [0, 0.1) is 6.92 Å². The van der Waals surface area contributed by atoms with Gasteiger partial charge in [-0.1, -0.05) is 12.1 Å². The van der Waals surface area contributed by atoms with Crippen molar-refractivity contribution >= 4 is 17.5 Å². The van der Waals surface area contributed by atoms with Gasteiger partial charge in [-0.05, 0) is 31.5 Å². The molecule has 2 rings (SSSR count). The van der Waals surface area contributed by atoms with Crippen LogP contribution in [0.15, 0.2) is 30.5 Å². The molecular weight excluding hydrogens is 268 g/mol. The number of anilines is 1. The molecule has 0 fully saturated rings. The number of hydrogen-bond donors (Lipinski definition) is 3. The van der Waals surface area contributed by atoms with Crippen molar-refractivity contribution in [2.24, 2.45) is 0 Å². The van der Waals surface area contributed by atoms with E-state index in [4.69, 9.17) is 0 Å². The van der Waals surface area contributed by atoms with Gasteiger partial charge < -0.3 is 10.6 Å². The summed E-state index contributed by atoms with van der Waals surface area (Å²) in [6.45, 7) is 5.14. The zero-order valence-electron chi connectivity index (χ0n) is 12.2. The van der Waals surface area contributed by atoms with Gasteiger partial charge in [0.25, 0.3) is 5.91 Å². The summed E-state index contributed by atoms with van der Waals surface area (Å²) < 4.78 is 0. The molecule has 0 bridgehead atoms. The SMILES string of the molecule is CC(=O)Nc1cccc(C(C)NC(=O)c2cn[nH]c2C)c1. The van der Waals surface area contributed by atoms with E-state index < -0.39 is 0 Å². The van der Waals surface area contributed by atoms with Gasteiger partial charge in [-0.25, -0.2) is 0 Å². The summed E-state index contributed by atoms with van der Waals surface area (Å²) >= 11 is 0. The molecule has 1 aromatic heterocycles. The molecule has 6 nitrogen and oxygen atoms in total. The molecule has 1 atom stereocenters. The first kappa shape index (κ1) is 14.8. The maximum atomic E-state index is 12.1. The maximum absolute atomic E-state index is 12.1. The Kier molecular flexibility index (Phi) is 4.37. The molecule has 0 saturated carbocycles. The summed E-state index contributed by atoms with van der Waals surface area (Å²) in [5.41, 5.74) is 2.88. The van der Waals surface area contributed by atoms with E-state index in [9.17, 15) is 9.59 Å². The normalized spacial score (nSPS) is 11.8. The molecule has 0 spiro atoms. The van der Waals surface area contributed by atoms with Crippen molar-refractivity contribution in [3.63, 3.8) is 0 Å². The number of carbonyl (C=O) groups excluding carboxylic acids is 2. The lowest BCUT2D eigenvalue weighted by Crippen LogP contribution is -2.27. The minimum Gasteiger partial charge on any atom is -0.345 e. The number of amides is 2. The van der Waals surface area contributed by atoms with Crippen molar-refractivity contribution in [2.45, 2.75) is 26.8 Å². The third-order valence-electron chi connectivity index (χ3n) is 3.13. The van der Waals surface area contributed by atoms with E-state index in [1.165, 1.54) is 13.1 Å². The van der Waals surface area contributed by atoms with Gasteiger partial charge in [0.1, 0.15) is 0 Å². The van der Waals surface area contributed by atoms with Crippen molar-refractivity contribution in [2.75, 3.05) is 5.32 Å². The van der Waals surface area contributed by atoms with E-state index in [2.05, 4.69) is 20.8 Å². The first-order valence-electron chi connectivity index (χ1n) is 6.65. The van der Waals surface area contributed by atoms with Gasteiger partial charge >= 0.3 is 0 Å². The molecule has 0 aliphatic heterocycles. The van der Waals surface area contributed by atoms with Gasteiger partial charge in [0, 0.05) is 18.3 Å². The Morgan fingerprint density at radius 2 is 2.10 bits per heavy atom. The summed E-state index contributed by atoms with van der Waals surface area (Å²) in [5.74, 6) is -0.309. The fourth-order valence-electron chi connectivity index (χ4n) is 2.03. The fourth-order valence-corrected chi connectivity index (χ4v) is 2.03. The van der Waals surface area contributed by atoms with Crippen molar-refractivity contribution in [3.8, 4) is 0 Å². The van der Waals surface area contributed by atoms with Crippen molar-refractivity contribution in [3.05, 3.63) is 47.3 Å². The summed E-state index contributed by atoms with van der Waals surface area (Å²) in [6, 6.07) is 7.21. The highest BCUT2D eigenvalue weighted by Crippen LogP contribution is 2.18. The van der Waals surface area contributed by atoms with Crippen LogP contribution in [0.2, 0.25) is 0 Å². The number of aromatic nitrogens is 2. The largest absolute Gasteiger partial charge is 0.345 e. The summed E-state index contributed by atoms with van der Waals surface area (Å²) in [6.07, 6.45) is 1.51. The number of nitrogens with one attached hydrogen (secondary N) is 3. The number of aryl methyl sites for hydroxylation is 1. The lowest BCUT2D eigenvalue weighted by atomic mass is 10.1. The number of carbonyl (C=O) groups is 2. The Labute approximate surface area is 122 Å². The quantitative estimate of drug-likeness (QED) is 0.805. The molecule has 21 heavy (non-hydrogen) atoms. The van der Waals surface area contributed by atoms with Crippen LogP contribution in [0.4, 0.5) is 5.69 Å². The molecule has 2 aromatic rings. The van der Waals surface area contributed by atoms with E-state index in [-0.39, 0.29) is 17.9 Å². The Morgan fingerprint density at radius 1 is 1.33 bits per heavy atom. The van der Waals surface area contributed by atoms with Crippen molar-refractivity contribution in [1.29, 1.82) is 0 Å². The van der Waals surface area contributed by atoms with Crippen LogP contribution in [0.25, 0.3) is 0 Å². The average Bonchev–Trinajstić information content (AvgIpc) is 2.84. The minimum atomic E-state index is -0.182. The van der Waals surface area contributed by atoms with Crippen LogP contribution in [0.5, 0.6) is 0 Å². The number of H-pyrrole nitrogens is 1. The summed E-state index contributed by atoms with van der Waals surface area (Å²) in [7, 11) is 0. The lowest BCUT2D eigenvalue weighted by molar-refractivity contribution is -0.114. The first-order chi connectivity index (χ1) is 9.97. The van der Waals surface area contributed by atoms with Crippen molar-refractivity contribution in [1.82, 2.24) is 15.5 Å². The zero-order valence-corrected chi connectivity index (χ0v) is 12.2. The predicted molar refractivity (Wildman–Crippen MR) is 80.0 cm³/mol. The molecule has 1 heterocycles. The van der Waals surface area contributed by atoms with E-state index in [1.807, 2.05) is 25.1 Å². The van der Waals surface area contributed by atoms with E-state index in [1.54, 1.807) is 13.0 Å². The Bertz CT molecular complexity index is 663. The number of benzene rings is 1. The first-order valence-corrected chi connectivity index (χ1v) is 6.65. The van der Waals surface area contributed by atoms with Gasteiger partial charge in [-0.15, -0.1) is 0 Å². The van der Waals surface area contributed by atoms with E-state index in [0.717, 1.165) is 11.3 Å². The Balaban J connectivity index is 2.10. The maximum Gasteiger partial charge on any atom is 0.255 e. The van der Waals surface area contributed by atoms with Crippen LogP contribution in [-0.2, 0) is 4.79 Å². The molecule has 2 amide bonds. The van der Waals surface area contributed by atoms with E-state index in [0.29, 0.717) is 11.3 Å². The van der Waals surface area contributed by atoms with Crippen LogP contribution in [-0.4, -0.2) is 22.0 Å². The summed E-state index contributed by atoms with van der Waals surface area (Å²) in [5, 5.41) is 12.2. The monoisotopic (exact) mass is 286 g/mol. The molecule has 0 saturated heterocycles. The molecular formula is C15H18N4O2. The van der Waals surface area contributed by atoms with Crippen LogP contribution in [0.3, 0.4) is 0 Å². The van der Waals surface area contributed by atoms with Gasteiger partial charge in [-0.3, -0.25) is 14.7 Å². The number of nitrogens with zero attached hydrogens (tertiary/aromatic N) is 1. The molecule has 1 aromatic carbocycles. The second-order valence-corrected chi connectivity index (χ2v) is 4.91. The molecule has 0 radical (unpaired) electrons. The van der Waals surface area contributed by atoms with Gasteiger partial charge in [0.2, 0.25) is 5.91 Å². The minimum absolute atomic E-state index is 0.127. The van der Waals surface area contributed by atoms with Crippen LogP contribution in [0.1, 0.15) is 41.5 Å². The number of hydrogen-bond acceptors (Lipinski definition) is 3. The molecule has 0 aliphatic rings. The number of rotatable bonds is 4. The molecule has 0 aliphatic carbocycles. The second-order valence-electron chi connectivity index (χ2n) is 4.91.